The zero-order chi connectivity index (χ0) is 13.1. The van der Waals surface area contributed by atoms with Crippen LogP contribution in [0.25, 0.3) is 0 Å². The van der Waals surface area contributed by atoms with Crippen LogP contribution in [0.2, 0.25) is 10.0 Å². The van der Waals surface area contributed by atoms with Crippen LogP contribution in [0.4, 0.5) is 11.4 Å². The van der Waals surface area contributed by atoms with E-state index >= 15 is 0 Å². The van der Waals surface area contributed by atoms with Gasteiger partial charge in [0.05, 0.1) is 0 Å². The highest BCUT2D eigenvalue weighted by Gasteiger charge is 2.03. The summed E-state index contributed by atoms with van der Waals surface area (Å²) >= 11 is 11.5. The summed E-state index contributed by atoms with van der Waals surface area (Å²) in [7, 11) is 0. The van der Waals surface area contributed by atoms with E-state index in [4.69, 9.17) is 23.2 Å². The summed E-state index contributed by atoms with van der Waals surface area (Å²) < 4.78 is 0. The molecule has 6 heteroatoms. The molecule has 0 saturated carbocycles. The standard InChI is InChI=1S/C12H8Cl2N2O2/c13-7-1-3-11(17)9(5-7)15-16-10-6-8(14)2-4-12(10)18/h1-6,17-18H/b16-15+. The van der Waals surface area contributed by atoms with Crippen LogP contribution in [0.3, 0.4) is 0 Å². The fourth-order valence-corrected chi connectivity index (χ4v) is 1.59. The Morgan fingerprint density at radius 2 is 1.11 bits per heavy atom. The molecule has 2 N–H and O–H groups in total. The van der Waals surface area contributed by atoms with Crippen molar-refractivity contribution in [3.05, 3.63) is 46.4 Å². The number of azo groups is 1. The lowest BCUT2D eigenvalue weighted by Crippen LogP contribution is -1.70. The lowest BCUT2D eigenvalue weighted by molar-refractivity contribution is 0.474. The lowest BCUT2D eigenvalue weighted by Gasteiger charge is -2.00. The number of hydrogen-bond acceptors (Lipinski definition) is 4. The zero-order valence-corrected chi connectivity index (χ0v) is 10.5. The third-order valence-corrected chi connectivity index (χ3v) is 2.61. The first-order valence-corrected chi connectivity index (χ1v) is 5.70. The minimum absolute atomic E-state index is 0.0512. The quantitative estimate of drug-likeness (QED) is 0.776. The second kappa shape index (κ2) is 5.25. The minimum atomic E-state index is -0.0512. The molecule has 0 heterocycles. The summed E-state index contributed by atoms with van der Waals surface area (Å²) in [6.45, 7) is 0. The molecule has 92 valence electrons. The topological polar surface area (TPSA) is 65.2 Å². The van der Waals surface area contributed by atoms with Crippen molar-refractivity contribution in [3.63, 3.8) is 0 Å². The monoisotopic (exact) mass is 282 g/mol. The summed E-state index contributed by atoms with van der Waals surface area (Å²) in [6, 6.07) is 8.81. The van der Waals surface area contributed by atoms with Gasteiger partial charge < -0.3 is 10.2 Å². The van der Waals surface area contributed by atoms with E-state index < -0.39 is 0 Å². The molecule has 2 rings (SSSR count). The van der Waals surface area contributed by atoms with E-state index in [-0.39, 0.29) is 22.9 Å². The van der Waals surface area contributed by atoms with Crippen LogP contribution in [0, 0.1) is 0 Å². The van der Waals surface area contributed by atoms with Gasteiger partial charge in [-0.05, 0) is 36.4 Å². The van der Waals surface area contributed by atoms with Crippen molar-refractivity contribution in [1.29, 1.82) is 0 Å². The highest BCUT2D eigenvalue weighted by molar-refractivity contribution is 6.31. The summed E-state index contributed by atoms with van der Waals surface area (Å²) in [4.78, 5) is 0. The van der Waals surface area contributed by atoms with Gasteiger partial charge in [0.2, 0.25) is 0 Å². The summed E-state index contributed by atoms with van der Waals surface area (Å²) in [5.41, 5.74) is 0.420. The van der Waals surface area contributed by atoms with E-state index in [2.05, 4.69) is 10.2 Å². The molecule has 2 aromatic rings. The van der Waals surface area contributed by atoms with Crippen molar-refractivity contribution in [1.82, 2.24) is 0 Å². The predicted molar refractivity (Wildman–Crippen MR) is 70.4 cm³/mol. The third kappa shape index (κ3) is 2.91. The predicted octanol–water partition coefficient (Wildman–Crippen LogP) is 4.82. The molecular weight excluding hydrogens is 275 g/mol. The SMILES string of the molecule is Oc1ccc(Cl)cc1/N=N/c1cc(Cl)ccc1O. The number of hydrogen-bond donors (Lipinski definition) is 2. The Balaban J connectivity index is 2.35. The first-order valence-electron chi connectivity index (χ1n) is 4.95. The van der Waals surface area contributed by atoms with Crippen molar-refractivity contribution < 1.29 is 10.2 Å². The van der Waals surface area contributed by atoms with Gasteiger partial charge in [-0.3, -0.25) is 0 Å². The Bertz CT molecular complexity index is 562. The Hall–Kier alpha value is -1.78. The Labute approximate surface area is 113 Å². The molecule has 18 heavy (non-hydrogen) atoms. The Kier molecular flexibility index (Phi) is 3.69. The fraction of sp³-hybridized carbons (Fsp3) is 0. The van der Waals surface area contributed by atoms with E-state index in [9.17, 15) is 10.2 Å². The van der Waals surface area contributed by atoms with Crippen LogP contribution in [-0.2, 0) is 0 Å². The molecule has 0 unspecified atom stereocenters. The maximum Gasteiger partial charge on any atom is 0.143 e. The van der Waals surface area contributed by atoms with Crippen LogP contribution < -0.4 is 0 Å². The third-order valence-electron chi connectivity index (χ3n) is 2.14. The first kappa shape index (κ1) is 12.7. The maximum absolute atomic E-state index is 9.54. The van der Waals surface area contributed by atoms with Crippen molar-refractivity contribution in [2.45, 2.75) is 0 Å². The zero-order valence-electron chi connectivity index (χ0n) is 9.01. The van der Waals surface area contributed by atoms with Crippen LogP contribution in [0.1, 0.15) is 0 Å². The molecule has 0 radical (unpaired) electrons. The van der Waals surface area contributed by atoms with Crippen molar-refractivity contribution in [2.75, 3.05) is 0 Å². The van der Waals surface area contributed by atoms with Crippen LogP contribution in [0.5, 0.6) is 11.5 Å². The Morgan fingerprint density at radius 3 is 1.50 bits per heavy atom. The van der Waals surface area contributed by atoms with E-state index in [1.54, 1.807) is 0 Å². The summed E-state index contributed by atoms with van der Waals surface area (Å²) in [6.07, 6.45) is 0. The number of aromatic hydroxyl groups is 2. The smallest absolute Gasteiger partial charge is 0.143 e. The number of benzene rings is 2. The van der Waals surface area contributed by atoms with Gasteiger partial charge in [-0.15, -0.1) is 10.2 Å². The number of nitrogens with zero attached hydrogens (tertiary/aromatic N) is 2. The average molecular weight is 283 g/mol. The average Bonchev–Trinajstić information content (AvgIpc) is 2.34. The Morgan fingerprint density at radius 1 is 0.722 bits per heavy atom. The molecule has 0 fully saturated rings. The van der Waals surface area contributed by atoms with Gasteiger partial charge in [0.15, 0.2) is 0 Å². The number of phenolic OH excluding ortho intramolecular Hbond substituents is 2. The van der Waals surface area contributed by atoms with E-state index in [1.165, 1.54) is 36.4 Å². The van der Waals surface area contributed by atoms with Crippen molar-refractivity contribution >= 4 is 34.6 Å². The van der Waals surface area contributed by atoms with Gasteiger partial charge in [0, 0.05) is 10.0 Å². The van der Waals surface area contributed by atoms with Gasteiger partial charge in [-0.2, -0.15) is 0 Å². The van der Waals surface area contributed by atoms with E-state index in [0.717, 1.165) is 0 Å². The highest BCUT2D eigenvalue weighted by atomic mass is 35.5. The lowest BCUT2D eigenvalue weighted by atomic mass is 10.3. The molecular formula is C12H8Cl2N2O2. The first-order chi connectivity index (χ1) is 8.56. The molecule has 0 atom stereocenters. The highest BCUT2D eigenvalue weighted by Crippen LogP contribution is 2.34. The normalized spacial score (nSPS) is 11.0. The van der Waals surface area contributed by atoms with E-state index in [0.29, 0.717) is 10.0 Å². The molecule has 0 spiro atoms. The molecule has 0 aliphatic heterocycles. The van der Waals surface area contributed by atoms with Crippen LogP contribution in [0.15, 0.2) is 46.6 Å². The molecule has 0 aromatic heterocycles. The van der Waals surface area contributed by atoms with Crippen molar-refractivity contribution in [2.24, 2.45) is 10.2 Å². The second-order valence-corrected chi connectivity index (χ2v) is 4.34. The number of phenols is 2. The van der Waals surface area contributed by atoms with Crippen LogP contribution in [-0.4, -0.2) is 10.2 Å². The molecule has 0 aliphatic carbocycles. The van der Waals surface area contributed by atoms with Crippen LogP contribution >= 0.6 is 23.2 Å². The largest absolute Gasteiger partial charge is 0.506 e. The van der Waals surface area contributed by atoms with Crippen molar-refractivity contribution in [3.8, 4) is 11.5 Å². The van der Waals surface area contributed by atoms with Gasteiger partial charge in [0.25, 0.3) is 0 Å². The molecule has 2 aromatic carbocycles. The molecule has 0 bridgehead atoms. The van der Waals surface area contributed by atoms with Gasteiger partial charge >= 0.3 is 0 Å². The minimum Gasteiger partial charge on any atom is -0.506 e. The fourth-order valence-electron chi connectivity index (χ4n) is 1.26. The molecule has 0 saturated heterocycles. The summed E-state index contributed by atoms with van der Waals surface area (Å²) in [5.74, 6) is -0.102. The number of halogens is 2. The molecule has 4 nitrogen and oxygen atoms in total. The number of rotatable bonds is 2. The van der Waals surface area contributed by atoms with Gasteiger partial charge in [-0.25, -0.2) is 0 Å². The maximum atomic E-state index is 9.54. The van der Waals surface area contributed by atoms with E-state index in [1.807, 2.05) is 0 Å². The molecule has 0 aliphatic rings. The molecule has 0 amide bonds. The van der Waals surface area contributed by atoms with Gasteiger partial charge in [-0.1, -0.05) is 23.2 Å². The summed E-state index contributed by atoms with van der Waals surface area (Å²) in [5, 5.41) is 27.5. The van der Waals surface area contributed by atoms with Gasteiger partial charge in [0.1, 0.15) is 22.9 Å². The second-order valence-electron chi connectivity index (χ2n) is 3.47.